The van der Waals surface area contributed by atoms with Crippen molar-refractivity contribution in [2.75, 3.05) is 5.32 Å². The molecule has 4 nitrogen and oxygen atoms in total. The Hall–Kier alpha value is -2.66. The summed E-state index contributed by atoms with van der Waals surface area (Å²) in [6.07, 6.45) is 5.28. The van der Waals surface area contributed by atoms with Crippen molar-refractivity contribution in [3.8, 4) is 0 Å². The first-order valence-electron chi connectivity index (χ1n) is 9.88. The largest absolute Gasteiger partial charge is 0.321 e. The number of anilines is 1. The van der Waals surface area contributed by atoms with Crippen LogP contribution < -0.4 is 5.32 Å². The second kappa shape index (κ2) is 9.70. The Bertz CT molecular complexity index is 945. The Morgan fingerprint density at radius 2 is 1.59 bits per heavy atom. The number of carbonyl (C=O) groups is 1. The molecule has 2 aromatic heterocycles. The number of hydrogen-bond acceptors (Lipinski definition) is 4. The molecule has 150 valence electrons. The van der Waals surface area contributed by atoms with Gasteiger partial charge in [-0.2, -0.15) is 0 Å². The van der Waals surface area contributed by atoms with E-state index in [4.69, 9.17) is 0 Å². The maximum atomic E-state index is 13.2. The van der Waals surface area contributed by atoms with Crippen LogP contribution in [0, 0.1) is 0 Å². The molecule has 2 heterocycles. The van der Waals surface area contributed by atoms with Gasteiger partial charge in [0.15, 0.2) is 0 Å². The van der Waals surface area contributed by atoms with Crippen LogP contribution in [-0.2, 0) is 5.75 Å². The SMILES string of the molecule is CC(C)c1cccc(C(C)C)c1NC(=O)c1cccnc1SCc1ccncc1. The highest BCUT2D eigenvalue weighted by atomic mass is 32.2. The van der Waals surface area contributed by atoms with E-state index in [1.54, 1.807) is 30.4 Å². The van der Waals surface area contributed by atoms with Crippen LogP contribution in [0.25, 0.3) is 0 Å². The van der Waals surface area contributed by atoms with Gasteiger partial charge >= 0.3 is 0 Å². The summed E-state index contributed by atoms with van der Waals surface area (Å²) in [5.41, 5.74) is 4.98. The molecule has 0 saturated carbocycles. The van der Waals surface area contributed by atoms with Crippen molar-refractivity contribution in [2.45, 2.75) is 50.3 Å². The molecule has 1 amide bonds. The predicted molar refractivity (Wildman–Crippen MR) is 121 cm³/mol. The highest BCUT2D eigenvalue weighted by Gasteiger charge is 2.19. The zero-order valence-electron chi connectivity index (χ0n) is 17.3. The maximum absolute atomic E-state index is 13.2. The Balaban J connectivity index is 1.87. The number of benzene rings is 1. The summed E-state index contributed by atoms with van der Waals surface area (Å²) < 4.78 is 0. The molecular formula is C24H27N3OS. The van der Waals surface area contributed by atoms with E-state index in [1.807, 2.05) is 24.3 Å². The number of aromatic nitrogens is 2. The smallest absolute Gasteiger partial charge is 0.258 e. The van der Waals surface area contributed by atoms with E-state index in [9.17, 15) is 4.79 Å². The van der Waals surface area contributed by atoms with Gasteiger partial charge in [-0.1, -0.05) is 45.9 Å². The molecule has 1 N–H and O–H groups in total. The number of pyridine rings is 2. The molecule has 0 saturated heterocycles. The third-order valence-electron chi connectivity index (χ3n) is 4.75. The monoisotopic (exact) mass is 405 g/mol. The highest BCUT2D eigenvalue weighted by Crippen LogP contribution is 2.33. The van der Waals surface area contributed by atoms with Crippen molar-refractivity contribution in [2.24, 2.45) is 0 Å². The van der Waals surface area contributed by atoms with Gasteiger partial charge in [0.1, 0.15) is 5.03 Å². The Morgan fingerprint density at radius 1 is 0.931 bits per heavy atom. The molecule has 0 aliphatic carbocycles. The maximum Gasteiger partial charge on any atom is 0.258 e. The number of rotatable bonds is 7. The van der Waals surface area contributed by atoms with Crippen molar-refractivity contribution in [1.82, 2.24) is 9.97 Å². The number of nitrogens with zero attached hydrogens (tertiary/aromatic N) is 2. The molecule has 0 aliphatic rings. The first-order valence-corrected chi connectivity index (χ1v) is 10.9. The van der Waals surface area contributed by atoms with Gasteiger partial charge in [-0.05, 0) is 52.8 Å². The Labute approximate surface area is 177 Å². The number of amides is 1. The molecule has 5 heteroatoms. The summed E-state index contributed by atoms with van der Waals surface area (Å²) in [5.74, 6) is 1.25. The fourth-order valence-electron chi connectivity index (χ4n) is 3.19. The molecule has 0 spiro atoms. The molecule has 0 bridgehead atoms. The number of carbonyl (C=O) groups excluding carboxylic acids is 1. The topological polar surface area (TPSA) is 54.9 Å². The minimum Gasteiger partial charge on any atom is -0.321 e. The standard InChI is InChI=1S/C24H27N3OS/c1-16(2)19-7-5-8-20(17(3)4)22(19)27-23(28)21-9-6-12-26-24(21)29-15-18-10-13-25-14-11-18/h5-14,16-17H,15H2,1-4H3,(H,27,28). The van der Waals surface area contributed by atoms with Crippen LogP contribution in [0.2, 0.25) is 0 Å². The number of nitrogens with one attached hydrogen (secondary N) is 1. The first-order chi connectivity index (χ1) is 14.0. The normalized spacial score (nSPS) is 11.1. The van der Waals surface area contributed by atoms with Gasteiger partial charge in [0.05, 0.1) is 5.56 Å². The summed E-state index contributed by atoms with van der Waals surface area (Å²) in [4.78, 5) is 21.7. The average Bonchev–Trinajstić information content (AvgIpc) is 2.73. The lowest BCUT2D eigenvalue weighted by Gasteiger charge is -2.20. The van der Waals surface area contributed by atoms with E-state index in [0.29, 0.717) is 17.4 Å². The minimum atomic E-state index is -0.120. The van der Waals surface area contributed by atoms with E-state index in [-0.39, 0.29) is 5.91 Å². The van der Waals surface area contributed by atoms with Gasteiger partial charge in [0.2, 0.25) is 0 Å². The molecule has 1 aromatic carbocycles. The summed E-state index contributed by atoms with van der Waals surface area (Å²) in [6, 6.07) is 13.9. The van der Waals surface area contributed by atoms with E-state index < -0.39 is 0 Å². The van der Waals surface area contributed by atoms with Gasteiger partial charge in [0, 0.05) is 30.0 Å². The van der Waals surface area contributed by atoms with Crippen molar-refractivity contribution >= 4 is 23.4 Å². The molecule has 0 aliphatic heterocycles. The predicted octanol–water partition coefficient (Wildman–Crippen LogP) is 6.27. The quantitative estimate of drug-likeness (QED) is 0.471. The zero-order chi connectivity index (χ0) is 20.8. The molecule has 29 heavy (non-hydrogen) atoms. The fraction of sp³-hybridized carbons (Fsp3) is 0.292. The van der Waals surface area contributed by atoms with Crippen molar-refractivity contribution in [1.29, 1.82) is 0 Å². The zero-order valence-corrected chi connectivity index (χ0v) is 18.2. The number of thioether (sulfide) groups is 1. The summed E-state index contributed by atoms with van der Waals surface area (Å²) in [7, 11) is 0. The molecular weight excluding hydrogens is 378 g/mol. The van der Waals surface area contributed by atoms with E-state index in [2.05, 4.69) is 61.2 Å². The van der Waals surface area contributed by atoms with Crippen molar-refractivity contribution in [3.05, 3.63) is 83.3 Å². The van der Waals surface area contributed by atoms with Crippen LogP contribution in [0.3, 0.4) is 0 Å². The summed E-state index contributed by atoms with van der Waals surface area (Å²) in [6.45, 7) is 8.59. The van der Waals surface area contributed by atoms with Crippen LogP contribution in [0.5, 0.6) is 0 Å². The molecule has 3 aromatic rings. The third kappa shape index (κ3) is 5.24. The molecule has 0 fully saturated rings. The minimum absolute atomic E-state index is 0.120. The Kier molecular flexibility index (Phi) is 7.04. The average molecular weight is 406 g/mol. The summed E-state index contributed by atoms with van der Waals surface area (Å²) in [5, 5.41) is 3.93. The molecule has 0 radical (unpaired) electrons. The van der Waals surface area contributed by atoms with Gasteiger partial charge in [-0.3, -0.25) is 9.78 Å². The van der Waals surface area contributed by atoms with E-state index in [0.717, 1.165) is 33.2 Å². The summed E-state index contributed by atoms with van der Waals surface area (Å²) >= 11 is 1.56. The van der Waals surface area contributed by atoms with Crippen molar-refractivity contribution < 1.29 is 4.79 Å². The molecule has 0 atom stereocenters. The Morgan fingerprint density at radius 3 is 2.21 bits per heavy atom. The van der Waals surface area contributed by atoms with Gasteiger partial charge in [-0.15, -0.1) is 11.8 Å². The van der Waals surface area contributed by atoms with Crippen molar-refractivity contribution in [3.63, 3.8) is 0 Å². The molecule has 3 rings (SSSR count). The van der Waals surface area contributed by atoms with Gasteiger partial charge < -0.3 is 5.32 Å². The van der Waals surface area contributed by atoms with Gasteiger partial charge in [0.25, 0.3) is 5.91 Å². The van der Waals surface area contributed by atoms with Crippen LogP contribution >= 0.6 is 11.8 Å². The molecule has 0 unspecified atom stereocenters. The van der Waals surface area contributed by atoms with Crippen LogP contribution in [0.1, 0.15) is 66.6 Å². The lowest BCUT2D eigenvalue weighted by atomic mass is 9.92. The van der Waals surface area contributed by atoms with E-state index in [1.165, 1.54) is 0 Å². The fourth-order valence-corrected chi connectivity index (χ4v) is 4.13. The number of hydrogen-bond donors (Lipinski definition) is 1. The van der Waals surface area contributed by atoms with Crippen LogP contribution in [0.15, 0.2) is 66.1 Å². The lowest BCUT2D eigenvalue weighted by Crippen LogP contribution is -2.17. The second-order valence-electron chi connectivity index (χ2n) is 7.58. The third-order valence-corrected chi connectivity index (χ3v) is 5.83. The first kappa shape index (κ1) is 21.1. The lowest BCUT2D eigenvalue weighted by molar-refractivity contribution is 0.102. The van der Waals surface area contributed by atoms with Crippen LogP contribution in [-0.4, -0.2) is 15.9 Å². The second-order valence-corrected chi connectivity index (χ2v) is 8.54. The van der Waals surface area contributed by atoms with Crippen LogP contribution in [0.4, 0.5) is 5.69 Å². The number of para-hydroxylation sites is 1. The van der Waals surface area contributed by atoms with E-state index >= 15 is 0 Å². The highest BCUT2D eigenvalue weighted by molar-refractivity contribution is 7.98. The van der Waals surface area contributed by atoms with Gasteiger partial charge in [-0.25, -0.2) is 4.98 Å².